The number of aromatic nitrogens is 1. The number of piperidine rings is 1. The predicted molar refractivity (Wildman–Crippen MR) is 80.9 cm³/mol. The van der Waals surface area contributed by atoms with E-state index < -0.39 is 0 Å². The van der Waals surface area contributed by atoms with Crippen molar-refractivity contribution in [2.45, 2.75) is 38.3 Å². The van der Waals surface area contributed by atoms with Gasteiger partial charge in [0, 0.05) is 12.4 Å². The third kappa shape index (κ3) is 5.35. The van der Waals surface area contributed by atoms with E-state index in [-0.39, 0.29) is 42.8 Å². The van der Waals surface area contributed by atoms with Crippen LogP contribution < -0.4 is 10.6 Å². The maximum absolute atomic E-state index is 12.0. The summed E-state index contributed by atoms with van der Waals surface area (Å²) in [5.41, 5.74) is 1.04. The second-order valence-electron chi connectivity index (χ2n) is 4.52. The summed E-state index contributed by atoms with van der Waals surface area (Å²) in [6, 6.07) is 3.85. The topological polar surface area (TPSA) is 54.0 Å². The smallest absolute Gasteiger partial charge is 0.237 e. The number of carbonyl (C=O) groups excluding carboxylic acids is 1. The van der Waals surface area contributed by atoms with E-state index in [1.165, 1.54) is 6.42 Å². The molecule has 0 saturated carbocycles. The highest BCUT2D eigenvalue weighted by Crippen LogP contribution is 2.12. The predicted octanol–water partition coefficient (Wildman–Crippen LogP) is 2.24. The molecular formula is C13H21Cl2N3O. The molecule has 1 aliphatic rings. The van der Waals surface area contributed by atoms with Gasteiger partial charge in [0.1, 0.15) is 0 Å². The highest BCUT2D eigenvalue weighted by atomic mass is 35.5. The van der Waals surface area contributed by atoms with E-state index in [4.69, 9.17) is 0 Å². The molecule has 1 aromatic rings. The van der Waals surface area contributed by atoms with Crippen LogP contribution in [0.15, 0.2) is 24.5 Å². The molecule has 1 saturated heterocycles. The third-order valence-electron chi connectivity index (χ3n) is 3.17. The molecule has 2 rings (SSSR count). The molecule has 4 nitrogen and oxygen atoms in total. The second kappa shape index (κ2) is 9.13. The lowest BCUT2D eigenvalue weighted by Crippen LogP contribution is -2.47. The fourth-order valence-electron chi connectivity index (χ4n) is 2.11. The first-order chi connectivity index (χ1) is 8.27. The average molecular weight is 306 g/mol. The van der Waals surface area contributed by atoms with Gasteiger partial charge in [0.05, 0.1) is 12.1 Å². The van der Waals surface area contributed by atoms with Crippen molar-refractivity contribution in [3.05, 3.63) is 30.1 Å². The second-order valence-corrected chi connectivity index (χ2v) is 4.52. The van der Waals surface area contributed by atoms with Gasteiger partial charge < -0.3 is 10.6 Å². The number of hydrogen-bond donors (Lipinski definition) is 2. The molecule has 2 atom stereocenters. The number of hydrogen-bond acceptors (Lipinski definition) is 3. The minimum absolute atomic E-state index is 0. The summed E-state index contributed by atoms with van der Waals surface area (Å²) in [6.07, 6.45) is 6.76. The first-order valence-corrected chi connectivity index (χ1v) is 6.21. The summed E-state index contributed by atoms with van der Waals surface area (Å²) >= 11 is 0. The van der Waals surface area contributed by atoms with E-state index in [1.807, 2.05) is 19.1 Å². The Kier molecular flexibility index (Phi) is 8.72. The lowest BCUT2D eigenvalue weighted by atomic mass is 10.0. The molecule has 19 heavy (non-hydrogen) atoms. The van der Waals surface area contributed by atoms with Crippen molar-refractivity contribution in [3.8, 4) is 0 Å². The van der Waals surface area contributed by atoms with Crippen molar-refractivity contribution in [2.24, 2.45) is 0 Å². The van der Waals surface area contributed by atoms with Gasteiger partial charge in [0.2, 0.25) is 5.91 Å². The zero-order valence-corrected chi connectivity index (χ0v) is 12.6. The average Bonchev–Trinajstić information content (AvgIpc) is 2.40. The van der Waals surface area contributed by atoms with E-state index in [9.17, 15) is 4.79 Å². The Balaban J connectivity index is 0.00000162. The minimum Gasteiger partial charge on any atom is -0.348 e. The van der Waals surface area contributed by atoms with Crippen LogP contribution in [0.1, 0.15) is 37.8 Å². The number of amides is 1. The van der Waals surface area contributed by atoms with Crippen LogP contribution in [-0.4, -0.2) is 23.5 Å². The van der Waals surface area contributed by atoms with Gasteiger partial charge in [0.25, 0.3) is 0 Å². The molecule has 1 amide bonds. The van der Waals surface area contributed by atoms with E-state index in [0.717, 1.165) is 24.9 Å². The quantitative estimate of drug-likeness (QED) is 0.900. The Bertz CT molecular complexity index is 369. The monoisotopic (exact) mass is 305 g/mol. The normalized spacial score (nSPS) is 19.5. The van der Waals surface area contributed by atoms with Crippen LogP contribution in [-0.2, 0) is 4.79 Å². The molecule has 0 spiro atoms. The van der Waals surface area contributed by atoms with Crippen molar-refractivity contribution in [1.29, 1.82) is 0 Å². The SMILES string of the molecule is C[C@H](NC(=O)C1CCCCN1)c1cccnc1.Cl.Cl. The zero-order chi connectivity index (χ0) is 12.1. The summed E-state index contributed by atoms with van der Waals surface area (Å²) in [6.45, 7) is 2.93. The number of carbonyl (C=O) groups is 1. The molecule has 6 heteroatoms. The van der Waals surface area contributed by atoms with Crippen molar-refractivity contribution in [3.63, 3.8) is 0 Å². The van der Waals surface area contributed by atoms with Gasteiger partial charge in [-0.05, 0) is 37.9 Å². The van der Waals surface area contributed by atoms with Crippen LogP contribution in [0.2, 0.25) is 0 Å². The van der Waals surface area contributed by atoms with Gasteiger partial charge in [-0.1, -0.05) is 12.5 Å². The largest absolute Gasteiger partial charge is 0.348 e. The molecular weight excluding hydrogens is 285 g/mol. The van der Waals surface area contributed by atoms with Crippen LogP contribution in [0, 0.1) is 0 Å². The van der Waals surface area contributed by atoms with Crippen molar-refractivity contribution < 1.29 is 4.79 Å². The number of rotatable bonds is 3. The van der Waals surface area contributed by atoms with Gasteiger partial charge in [-0.2, -0.15) is 0 Å². The van der Waals surface area contributed by atoms with E-state index in [1.54, 1.807) is 12.4 Å². The Morgan fingerprint density at radius 2 is 2.26 bits per heavy atom. The van der Waals surface area contributed by atoms with Gasteiger partial charge >= 0.3 is 0 Å². The lowest BCUT2D eigenvalue weighted by molar-refractivity contribution is -0.124. The maximum Gasteiger partial charge on any atom is 0.237 e. The zero-order valence-electron chi connectivity index (χ0n) is 11.0. The number of pyridine rings is 1. The number of nitrogens with zero attached hydrogens (tertiary/aromatic N) is 1. The molecule has 1 unspecified atom stereocenters. The van der Waals surface area contributed by atoms with Crippen molar-refractivity contribution in [1.82, 2.24) is 15.6 Å². The Morgan fingerprint density at radius 3 is 2.84 bits per heavy atom. The van der Waals surface area contributed by atoms with Crippen LogP contribution in [0.5, 0.6) is 0 Å². The third-order valence-corrected chi connectivity index (χ3v) is 3.17. The van der Waals surface area contributed by atoms with E-state index >= 15 is 0 Å². The standard InChI is InChI=1S/C13H19N3O.2ClH/c1-10(11-5-4-7-14-9-11)16-13(17)12-6-2-3-8-15-12;;/h4-5,7,9-10,12,15H,2-3,6,8H2,1H3,(H,16,17);2*1H/t10-,12?;;/m0../s1. The Labute approximate surface area is 126 Å². The first-order valence-electron chi connectivity index (χ1n) is 6.21. The lowest BCUT2D eigenvalue weighted by Gasteiger charge is -2.24. The van der Waals surface area contributed by atoms with Crippen LogP contribution in [0.3, 0.4) is 0 Å². The maximum atomic E-state index is 12.0. The van der Waals surface area contributed by atoms with Gasteiger partial charge in [0.15, 0.2) is 0 Å². The first kappa shape index (κ1) is 18.2. The number of nitrogens with one attached hydrogen (secondary N) is 2. The molecule has 2 heterocycles. The number of halogens is 2. The Hall–Kier alpha value is -0.840. The molecule has 0 radical (unpaired) electrons. The van der Waals surface area contributed by atoms with E-state index in [2.05, 4.69) is 15.6 Å². The summed E-state index contributed by atoms with van der Waals surface area (Å²) in [5.74, 6) is 0.0982. The Morgan fingerprint density at radius 1 is 1.47 bits per heavy atom. The highest BCUT2D eigenvalue weighted by Gasteiger charge is 2.21. The molecule has 2 N–H and O–H groups in total. The molecule has 0 aromatic carbocycles. The van der Waals surface area contributed by atoms with Gasteiger partial charge in [-0.15, -0.1) is 24.8 Å². The molecule has 0 aliphatic carbocycles. The van der Waals surface area contributed by atoms with Gasteiger partial charge in [-0.3, -0.25) is 9.78 Å². The summed E-state index contributed by atoms with van der Waals surface area (Å²) in [5, 5.41) is 6.27. The fraction of sp³-hybridized carbons (Fsp3) is 0.538. The highest BCUT2D eigenvalue weighted by molar-refractivity contribution is 5.85. The molecule has 1 fully saturated rings. The molecule has 1 aliphatic heterocycles. The van der Waals surface area contributed by atoms with Crippen LogP contribution in [0.25, 0.3) is 0 Å². The molecule has 0 bridgehead atoms. The summed E-state index contributed by atoms with van der Waals surface area (Å²) in [7, 11) is 0. The summed E-state index contributed by atoms with van der Waals surface area (Å²) < 4.78 is 0. The van der Waals surface area contributed by atoms with Crippen LogP contribution in [0.4, 0.5) is 0 Å². The fourth-order valence-corrected chi connectivity index (χ4v) is 2.11. The van der Waals surface area contributed by atoms with E-state index in [0.29, 0.717) is 0 Å². The van der Waals surface area contributed by atoms with Gasteiger partial charge in [-0.25, -0.2) is 0 Å². The van der Waals surface area contributed by atoms with Crippen LogP contribution >= 0.6 is 24.8 Å². The minimum atomic E-state index is -0.0251. The molecule has 1 aromatic heterocycles. The van der Waals surface area contributed by atoms with Crippen molar-refractivity contribution in [2.75, 3.05) is 6.54 Å². The van der Waals surface area contributed by atoms with Crippen molar-refractivity contribution >= 4 is 30.7 Å². The molecule has 108 valence electrons. The summed E-state index contributed by atoms with van der Waals surface area (Å²) in [4.78, 5) is 16.0.